The van der Waals surface area contributed by atoms with Crippen molar-refractivity contribution in [2.24, 2.45) is 5.92 Å². The Kier molecular flexibility index (Phi) is 7.77. The second-order valence-electron chi connectivity index (χ2n) is 3.79. The van der Waals surface area contributed by atoms with Gasteiger partial charge in [-0.05, 0) is 44.9 Å². The van der Waals surface area contributed by atoms with Gasteiger partial charge in [0.15, 0.2) is 0 Å². The average molecular weight is 178 g/mol. The maximum absolute atomic E-state index is 5.57. The van der Waals surface area contributed by atoms with Gasteiger partial charge in [0.1, 0.15) is 0 Å². The van der Waals surface area contributed by atoms with Gasteiger partial charge in [-0.3, -0.25) is 0 Å². The second-order valence-corrected chi connectivity index (χ2v) is 3.79. The summed E-state index contributed by atoms with van der Waals surface area (Å²) in [7, 11) is 0. The Hall–Kier alpha value is -0.520. The summed E-state index contributed by atoms with van der Waals surface area (Å²) in [6, 6.07) is 0. The predicted molar refractivity (Wildman–Crippen MR) is 60.2 cm³/mol. The van der Waals surface area contributed by atoms with Gasteiger partial charge in [-0.15, -0.1) is 0 Å². The molecule has 0 unspecified atom stereocenters. The molecule has 0 heteroatoms. The summed E-state index contributed by atoms with van der Waals surface area (Å²) < 4.78 is 0. The molecule has 0 aromatic rings. The van der Waals surface area contributed by atoms with Crippen LogP contribution in [0.15, 0.2) is 17.7 Å². The molecular formula is C13H22. The van der Waals surface area contributed by atoms with Crippen molar-refractivity contribution in [1.29, 1.82) is 0 Å². The molecule has 0 bridgehead atoms. The van der Waals surface area contributed by atoms with Crippen LogP contribution in [-0.4, -0.2) is 0 Å². The van der Waals surface area contributed by atoms with Gasteiger partial charge in [0.2, 0.25) is 0 Å². The molecule has 0 aliphatic heterocycles. The standard InChI is InChI=1S/C13H22/c1-5-13(4)11-9-7-6-8-10-12(2)3/h2,9,11,13H,1,5-8,10H2,3-4H3/b11-9-,12-2?/t13-/m0/s1. The van der Waals surface area contributed by atoms with Gasteiger partial charge in [0.05, 0.1) is 0 Å². The van der Waals surface area contributed by atoms with E-state index in [-0.39, 0.29) is 0 Å². The van der Waals surface area contributed by atoms with E-state index < -0.39 is 0 Å². The van der Waals surface area contributed by atoms with Gasteiger partial charge in [0.25, 0.3) is 0 Å². The van der Waals surface area contributed by atoms with Gasteiger partial charge >= 0.3 is 0 Å². The van der Waals surface area contributed by atoms with E-state index in [0.717, 1.165) is 18.4 Å². The third-order valence-corrected chi connectivity index (χ3v) is 2.11. The zero-order valence-electron chi connectivity index (χ0n) is 9.05. The van der Waals surface area contributed by atoms with Crippen LogP contribution in [-0.2, 0) is 0 Å². The summed E-state index contributed by atoms with van der Waals surface area (Å²) in [5, 5.41) is 0. The molecule has 1 atom stereocenters. The van der Waals surface area contributed by atoms with Crippen molar-refractivity contribution in [2.45, 2.75) is 46.0 Å². The molecule has 0 saturated carbocycles. The monoisotopic (exact) mass is 178 g/mol. The lowest BCUT2D eigenvalue weighted by atomic mass is 10.1. The lowest BCUT2D eigenvalue weighted by Gasteiger charge is -2.00. The van der Waals surface area contributed by atoms with Crippen molar-refractivity contribution in [3.63, 3.8) is 0 Å². The van der Waals surface area contributed by atoms with Crippen LogP contribution in [0.5, 0.6) is 0 Å². The van der Waals surface area contributed by atoms with Crippen LogP contribution in [0.4, 0.5) is 0 Å². The van der Waals surface area contributed by atoms with E-state index in [1.165, 1.54) is 19.3 Å². The molecule has 0 spiro atoms. The molecule has 0 N–H and O–H groups in total. The third kappa shape index (κ3) is 9.39. The number of hydrogen-bond acceptors (Lipinski definition) is 0. The van der Waals surface area contributed by atoms with E-state index in [9.17, 15) is 0 Å². The molecule has 74 valence electrons. The molecule has 13 heavy (non-hydrogen) atoms. The van der Waals surface area contributed by atoms with E-state index in [1.54, 1.807) is 0 Å². The predicted octanol–water partition coefficient (Wildman–Crippen LogP) is 4.34. The summed E-state index contributed by atoms with van der Waals surface area (Å²) in [6.07, 6.45) is 10.2. The van der Waals surface area contributed by atoms with E-state index >= 15 is 0 Å². The summed E-state index contributed by atoms with van der Waals surface area (Å²) in [5.41, 5.74) is 1.05. The Morgan fingerprint density at radius 1 is 1.46 bits per heavy atom. The van der Waals surface area contributed by atoms with Gasteiger partial charge in [-0.25, -0.2) is 0 Å². The number of hydrogen-bond donors (Lipinski definition) is 0. The van der Waals surface area contributed by atoms with Crippen molar-refractivity contribution in [2.75, 3.05) is 0 Å². The maximum Gasteiger partial charge on any atom is -0.0262 e. The molecule has 0 aromatic heterocycles. The third-order valence-electron chi connectivity index (χ3n) is 2.11. The molecule has 2 radical (unpaired) electrons. The number of unbranched alkanes of at least 4 members (excludes halogenated alkanes) is 2. The van der Waals surface area contributed by atoms with Gasteiger partial charge in [-0.2, -0.15) is 0 Å². The normalized spacial score (nSPS) is 13.5. The minimum atomic E-state index is 0.628. The van der Waals surface area contributed by atoms with E-state index in [0.29, 0.717) is 5.92 Å². The first-order valence-electron chi connectivity index (χ1n) is 5.20. The lowest BCUT2D eigenvalue weighted by Crippen LogP contribution is -1.84. The lowest BCUT2D eigenvalue weighted by molar-refractivity contribution is 0.716. The highest BCUT2D eigenvalue weighted by Crippen LogP contribution is 2.08. The highest BCUT2D eigenvalue weighted by molar-refractivity contribution is 4.88. The molecule has 0 saturated heterocycles. The van der Waals surface area contributed by atoms with Crippen LogP contribution in [0.25, 0.3) is 0 Å². The fraction of sp³-hybridized carbons (Fsp3) is 0.615. The minimum absolute atomic E-state index is 0.628. The molecule has 0 nitrogen and oxygen atoms in total. The van der Waals surface area contributed by atoms with Crippen molar-refractivity contribution in [3.8, 4) is 0 Å². The Morgan fingerprint density at radius 3 is 2.69 bits per heavy atom. The SMILES string of the molecule is [CH]=C(C)CCCC/C=C\[C@@H](C)C[CH2]. The molecule has 0 aliphatic carbocycles. The topological polar surface area (TPSA) is 0 Å². The van der Waals surface area contributed by atoms with Crippen LogP contribution in [0, 0.1) is 19.4 Å². The first-order valence-corrected chi connectivity index (χ1v) is 5.20. The highest BCUT2D eigenvalue weighted by Gasteiger charge is 1.90. The van der Waals surface area contributed by atoms with E-state index in [4.69, 9.17) is 6.58 Å². The summed E-state index contributed by atoms with van der Waals surface area (Å²) >= 11 is 0. The van der Waals surface area contributed by atoms with Gasteiger partial charge in [0, 0.05) is 0 Å². The van der Waals surface area contributed by atoms with Crippen molar-refractivity contribution in [3.05, 3.63) is 31.2 Å². The summed E-state index contributed by atoms with van der Waals surface area (Å²) in [5.74, 6) is 0.628. The first-order chi connectivity index (χ1) is 6.16. The zero-order valence-corrected chi connectivity index (χ0v) is 9.05. The molecule has 0 aromatic carbocycles. The highest BCUT2D eigenvalue weighted by atomic mass is 14.0. The quantitative estimate of drug-likeness (QED) is 0.402. The molecule has 0 heterocycles. The minimum Gasteiger partial charge on any atom is -0.0883 e. The first kappa shape index (κ1) is 12.5. The smallest absolute Gasteiger partial charge is 0.0262 e. The van der Waals surface area contributed by atoms with Crippen LogP contribution in [0.3, 0.4) is 0 Å². The van der Waals surface area contributed by atoms with Crippen LogP contribution >= 0.6 is 0 Å². The molecule has 0 amide bonds. The largest absolute Gasteiger partial charge is 0.0883 e. The van der Waals surface area contributed by atoms with Crippen molar-refractivity contribution >= 4 is 0 Å². The van der Waals surface area contributed by atoms with Crippen molar-refractivity contribution < 1.29 is 0 Å². The Bertz CT molecular complexity index is 153. The Morgan fingerprint density at radius 2 is 2.15 bits per heavy atom. The number of allylic oxidation sites excluding steroid dienone is 3. The van der Waals surface area contributed by atoms with Gasteiger partial charge < -0.3 is 0 Å². The Labute approximate surface area is 83.7 Å². The fourth-order valence-electron chi connectivity index (χ4n) is 1.09. The van der Waals surface area contributed by atoms with E-state index in [2.05, 4.69) is 26.0 Å². The summed E-state index contributed by atoms with van der Waals surface area (Å²) in [4.78, 5) is 0. The summed E-state index contributed by atoms with van der Waals surface area (Å²) in [6.45, 7) is 13.6. The van der Waals surface area contributed by atoms with Crippen LogP contribution < -0.4 is 0 Å². The zero-order chi connectivity index (χ0) is 10.1. The van der Waals surface area contributed by atoms with Crippen LogP contribution in [0.2, 0.25) is 0 Å². The Balaban J connectivity index is 3.25. The molecular weight excluding hydrogens is 156 g/mol. The molecule has 0 aliphatic rings. The van der Waals surface area contributed by atoms with Gasteiger partial charge in [-0.1, -0.05) is 38.2 Å². The maximum atomic E-state index is 5.57. The second kappa shape index (κ2) is 8.10. The number of rotatable bonds is 7. The average Bonchev–Trinajstić information content (AvgIpc) is 2.10. The van der Waals surface area contributed by atoms with Crippen molar-refractivity contribution in [1.82, 2.24) is 0 Å². The fourth-order valence-corrected chi connectivity index (χ4v) is 1.09. The molecule has 0 rings (SSSR count). The molecule has 0 fully saturated rings. The van der Waals surface area contributed by atoms with E-state index in [1.807, 2.05) is 6.92 Å². The van der Waals surface area contributed by atoms with Crippen LogP contribution in [0.1, 0.15) is 46.0 Å².